The molecule has 1 saturated carbocycles. The Kier molecular flexibility index (Phi) is 4.31. The fourth-order valence-electron chi connectivity index (χ4n) is 3.27. The third-order valence-electron chi connectivity index (χ3n) is 4.77. The molecule has 4 nitrogen and oxygen atoms in total. The zero-order chi connectivity index (χ0) is 14.9. The molecule has 0 amide bonds. The predicted octanol–water partition coefficient (Wildman–Crippen LogP) is 3.59. The van der Waals surface area contributed by atoms with Crippen molar-refractivity contribution in [2.45, 2.75) is 72.4 Å². The first-order valence-corrected chi connectivity index (χ1v) is 7.91. The summed E-state index contributed by atoms with van der Waals surface area (Å²) in [5.74, 6) is 1.12. The maximum atomic E-state index is 6.27. The molecule has 20 heavy (non-hydrogen) atoms. The summed E-state index contributed by atoms with van der Waals surface area (Å²) in [5.41, 5.74) is 8.58. The maximum absolute atomic E-state index is 6.27. The highest BCUT2D eigenvalue weighted by molar-refractivity contribution is 5.66. The summed E-state index contributed by atoms with van der Waals surface area (Å²) >= 11 is 0. The molecule has 4 heteroatoms. The molecule has 2 N–H and O–H groups in total. The third kappa shape index (κ3) is 2.94. The number of nitrogens with zero attached hydrogens (tertiary/aromatic N) is 3. The molecule has 0 saturated heterocycles. The van der Waals surface area contributed by atoms with Crippen molar-refractivity contribution in [2.24, 2.45) is 5.41 Å². The number of hydrogen-bond donors (Lipinski definition) is 1. The third-order valence-corrected chi connectivity index (χ3v) is 4.77. The van der Waals surface area contributed by atoms with Gasteiger partial charge in [-0.1, -0.05) is 20.8 Å². The first-order valence-electron chi connectivity index (χ1n) is 7.91. The molecule has 114 valence electrons. The zero-order valence-electron chi connectivity index (χ0n) is 13.7. The van der Waals surface area contributed by atoms with Gasteiger partial charge in [0.1, 0.15) is 0 Å². The Balaban J connectivity index is 2.19. The monoisotopic (exact) mass is 278 g/mol. The lowest BCUT2D eigenvalue weighted by Gasteiger charge is -2.39. The van der Waals surface area contributed by atoms with Gasteiger partial charge >= 0.3 is 0 Å². The van der Waals surface area contributed by atoms with E-state index in [1.165, 1.54) is 25.7 Å². The number of anilines is 2. The van der Waals surface area contributed by atoms with Crippen LogP contribution in [0, 0.1) is 12.3 Å². The van der Waals surface area contributed by atoms with E-state index in [1.54, 1.807) is 0 Å². The molecule has 0 radical (unpaired) electrons. The first kappa shape index (κ1) is 15.2. The predicted molar refractivity (Wildman–Crippen MR) is 86.1 cm³/mol. The fourth-order valence-corrected chi connectivity index (χ4v) is 3.27. The van der Waals surface area contributed by atoms with Crippen LogP contribution in [-0.2, 0) is 6.54 Å². The van der Waals surface area contributed by atoms with Crippen LogP contribution in [0.25, 0.3) is 0 Å². The second-order valence-electron chi connectivity index (χ2n) is 7.05. The van der Waals surface area contributed by atoms with Gasteiger partial charge in [-0.2, -0.15) is 5.10 Å². The van der Waals surface area contributed by atoms with Crippen molar-refractivity contribution in [1.29, 1.82) is 0 Å². The first-order chi connectivity index (χ1) is 9.35. The average molecular weight is 278 g/mol. The van der Waals surface area contributed by atoms with Crippen molar-refractivity contribution in [1.82, 2.24) is 9.78 Å². The Hall–Kier alpha value is -1.19. The zero-order valence-corrected chi connectivity index (χ0v) is 13.7. The molecule has 1 fully saturated rings. The van der Waals surface area contributed by atoms with Crippen LogP contribution < -0.4 is 10.6 Å². The summed E-state index contributed by atoms with van der Waals surface area (Å²) in [6, 6.07) is 0.594. The summed E-state index contributed by atoms with van der Waals surface area (Å²) in [6.45, 7) is 9.88. The van der Waals surface area contributed by atoms with Crippen LogP contribution in [0.4, 0.5) is 11.5 Å². The Morgan fingerprint density at radius 2 is 1.95 bits per heavy atom. The largest absolute Gasteiger partial charge is 0.394 e. The highest BCUT2D eigenvalue weighted by Gasteiger charge is 2.30. The minimum Gasteiger partial charge on any atom is -0.394 e. The summed E-state index contributed by atoms with van der Waals surface area (Å²) in [5, 5.41) is 4.59. The molecule has 0 aliphatic heterocycles. The number of hydrogen-bond acceptors (Lipinski definition) is 3. The average Bonchev–Trinajstić information content (AvgIpc) is 2.65. The number of rotatable bonds is 4. The molecular weight excluding hydrogens is 248 g/mol. The summed E-state index contributed by atoms with van der Waals surface area (Å²) in [4.78, 5) is 2.38. The van der Waals surface area contributed by atoms with Gasteiger partial charge in [0.05, 0.1) is 11.4 Å². The van der Waals surface area contributed by atoms with Gasteiger partial charge in [-0.05, 0) is 44.4 Å². The minimum atomic E-state index is 0.502. The summed E-state index contributed by atoms with van der Waals surface area (Å²) in [7, 11) is 2.18. The number of aryl methyl sites for hydroxylation is 2. The van der Waals surface area contributed by atoms with Crippen molar-refractivity contribution in [3.63, 3.8) is 0 Å². The molecular formula is C16H30N4. The lowest BCUT2D eigenvalue weighted by atomic mass is 9.75. The van der Waals surface area contributed by atoms with E-state index in [0.29, 0.717) is 11.5 Å². The van der Waals surface area contributed by atoms with Gasteiger partial charge in [-0.3, -0.25) is 0 Å². The quantitative estimate of drug-likeness (QED) is 0.915. The molecule has 0 spiro atoms. The minimum absolute atomic E-state index is 0.502. The van der Waals surface area contributed by atoms with Crippen LogP contribution in [0.3, 0.4) is 0 Å². The van der Waals surface area contributed by atoms with Gasteiger partial charge in [-0.25, -0.2) is 4.68 Å². The van der Waals surface area contributed by atoms with Crippen molar-refractivity contribution < 1.29 is 0 Å². The summed E-state index contributed by atoms with van der Waals surface area (Å²) in [6.07, 6.45) is 6.17. The van der Waals surface area contributed by atoms with E-state index in [0.717, 1.165) is 30.2 Å². The Morgan fingerprint density at radius 1 is 1.35 bits per heavy atom. The molecule has 1 heterocycles. The van der Waals surface area contributed by atoms with Crippen molar-refractivity contribution in [3.05, 3.63) is 5.69 Å². The normalized spacial score (nSPS) is 19.2. The van der Waals surface area contributed by atoms with Gasteiger partial charge in [0.2, 0.25) is 0 Å². The number of nitrogens with two attached hydrogens (primary N) is 1. The molecule has 1 aromatic rings. The molecule has 1 aliphatic carbocycles. The molecule has 0 atom stereocenters. The van der Waals surface area contributed by atoms with E-state index in [1.807, 2.05) is 6.92 Å². The molecule has 2 rings (SSSR count). The van der Waals surface area contributed by atoms with Crippen LogP contribution in [-0.4, -0.2) is 22.9 Å². The number of nitrogen functional groups attached to an aromatic ring is 1. The molecule has 1 aliphatic rings. The van der Waals surface area contributed by atoms with Crippen LogP contribution in [0.15, 0.2) is 0 Å². The van der Waals surface area contributed by atoms with E-state index < -0.39 is 0 Å². The van der Waals surface area contributed by atoms with Crippen molar-refractivity contribution >= 4 is 11.5 Å². The SMILES string of the molecule is CCCn1nc(C)c(N)c1N(C)C1CCC(C)(C)CC1. The van der Waals surface area contributed by atoms with Crippen molar-refractivity contribution in [3.8, 4) is 0 Å². The molecule has 0 bridgehead atoms. The highest BCUT2D eigenvalue weighted by atomic mass is 15.4. The molecule has 1 aromatic heterocycles. The van der Waals surface area contributed by atoms with Gasteiger partial charge in [-0.15, -0.1) is 0 Å². The molecule has 0 aromatic carbocycles. The lowest BCUT2D eigenvalue weighted by Crippen LogP contribution is -2.38. The van der Waals surface area contributed by atoms with Crippen LogP contribution in [0.2, 0.25) is 0 Å². The standard InChI is InChI=1S/C16H30N4/c1-6-11-20-15(14(17)12(2)18-20)19(5)13-7-9-16(3,4)10-8-13/h13H,6-11,17H2,1-5H3. The second-order valence-corrected chi connectivity index (χ2v) is 7.05. The second kappa shape index (κ2) is 5.66. The van der Waals surface area contributed by atoms with E-state index in [4.69, 9.17) is 5.73 Å². The molecule has 0 unspecified atom stereocenters. The van der Waals surface area contributed by atoms with E-state index in [2.05, 4.69) is 42.5 Å². The highest BCUT2D eigenvalue weighted by Crippen LogP contribution is 2.39. The number of aromatic nitrogens is 2. The smallest absolute Gasteiger partial charge is 0.150 e. The van der Waals surface area contributed by atoms with Gasteiger partial charge in [0, 0.05) is 19.6 Å². The lowest BCUT2D eigenvalue weighted by molar-refractivity contribution is 0.222. The van der Waals surface area contributed by atoms with E-state index >= 15 is 0 Å². The van der Waals surface area contributed by atoms with Crippen LogP contribution in [0.5, 0.6) is 0 Å². The van der Waals surface area contributed by atoms with Gasteiger partial charge < -0.3 is 10.6 Å². The van der Waals surface area contributed by atoms with E-state index in [-0.39, 0.29) is 0 Å². The Bertz CT molecular complexity index is 451. The van der Waals surface area contributed by atoms with Gasteiger partial charge in [0.25, 0.3) is 0 Å². The summed E-state index contributed by atoms with van der Waals surface area (Å²) < 4.78 is 2.09. The van der Waals surface area contributed by atoms with Crippen LogP contribution in [0.1, 0.15) is 58.6 Å². The van der Waals surface area contributed by atoms with Gasteiger partial charge in [0.15, 0.2) is 5.82 Å². The topological polar surface area (TPSA) is 47.1 Å². The fraction of sp³-hybridized carbons (Fsp3) is 0.812. The van der Waals surface area contributed by atoms with E-state index in [9.17, 15) is 0 Å². The van der Waals surface area contributed by atoms with Crippen molar-refractivity contribution in [2.75, 3.05) is 17.7 Å². The Morgan fingerprint density at radius 3 is 2.50 bits per heavy atom. The van der Waals surface area contributed by atoms with Crippen LogP contribution >= 0.6 is 0 Å². The maximum Gasteiger partial charge on any atom is 0.150 e. The Labute approximate surface area is 123 Å².